The van der Waals surface area contributed by atoms with Gasteiger partial charge in [0.1, 0.15) is 0 Å². The predicted molar refractivity (Wildman–Crippen MR) is 45.5 cm³/mol. The fourth-order valence-electron chi connectivity index (χ4n) is 0.835. The zero-order valence-electron chi connectivity index (χ0n) is 6.88. The lowest BCUT2D eigenvalue weighted by atomic mass is 10.0. The molecule has 1 unspecified atom stereocenters. The summed E-state index contributed by atoms with van der Waals surface area (Å²) in [5, 5.41) is 9.26. The van der Waals surface area contributed by atoms with Gasteiger partial charge in [0, 0.05) is 12.7 Å². The summed E-state index contributed by atoms with van der Waals surface area (Å²) in [4.78, 5) is 3.03. The normalized spacial score (nSPS) is 16.6. The Bertz CT molecular complexity index is 326. The minimum atomic E-state index is -4.83. The van der Waals surface area contributed by atoms with Gasteiger partial charge in [0.25, 0.3) is 0 Å². The molecular weight excluding hydrogens is 219 g/mol. The summed E-state index contributed by atoms with van der Waals surface area (Å²) in [7, 11) is 0. The molecule has 80 valence electrons. The molecule has 1 aromatic heterocycles. The van der Waals surface area contributed by atoms with Gasteiger partial charge in [-0.2, -0.15) is 13.2 Å². The first kappa shape index (κ1) is 11.2. The Morgan fingerprint density at radius 1 is 1.50 bits per heavy atom. The number of alkyl halides is 3. The standard InChI is InChI=1S/C6H8F3N3OS/c7-6(8,9)5(13,2-10)3-1-12-4(11)14-3/h1,13H,2,10H2,(H2,11,12). The smallest absolute Gasteiger partial charge is 0.375 e. The Balaban J connectivity index is 3.14. The van der Waals surface area contributed by atoms with E-state index in [0.717, 1.165) is 6.20 Å². The Morgan fingerprint density at radius 3 is 2.36 bits per heavy atom. The van der Waals surface area contributed by atoms with Crippen molar-refractivity contribution >= 4 is 16.5 Å². The van der Waals surface area contributed by atoms with Crippen LogP contribution < -0.4 is 11.5 Å². The van der Waals surface area contributed by atoms with Crippen LogP contribution in [0.3, 0.4) is 0 Å². The molecule has 0 aliphatic carbocycles. The molecule has 8 heteroatoms. The van der Waals surface area contributed by atoms with Crippen LogP contribution in [0.1, 0.15) is 4.88 Å². The number of nitrogens with zero attached hydrogens (tertiary/aromatic N) is 1. The molecule has 1 atom stereocenters. The van der Waals surface area contributed by atoms with E-state index in [1.807, 2.05) is 0 Å². The maximum Gasteiger partial charge on any atom is 0.423 e. The number of nitrogen functional groups attached to an aromatic ring is 1. The van der Waals surface area contributed by atoms with Crippen molar-refractivity contribution in [3.05, 3.63) is 11.1 Å². The molecule has 0 aliphatic heterocycles. The minimum absolute atomic E-state index is 0.0453. The second-order valence-corrected chi connectivity index (χ2v) is 3.69. The van der Waals surface area contributed by atoms with Crippen molar-refractivity contribution in [2.24, 2.45) is 5.73 Å². The first-order valence-corrected chi connectivity index (χ1v) is 4.34. The zero-order valence-corrected chi connectivity index (χ0v) is 7.69. The Hall–Kier alpha value is -0.860. The average Bonchev–Trinajstić information content (AvgIpc) is 2.48. The molecule has 1 aromatic rings. The highest BCUT2D eigenvalue weighted by Crippen LogP contribution is 2.40. The average molecular weight is 227 g/mol. The van der Waals surface area contributed by atoms with Gasteiger partial charge in [-0.25, -0.2) is 4.98 Å². The topological polar surface area (TPSA) is 85.2 Å². The third-order valence-corrected chi connectivity index (χ3v) is 2.67. The van der Waals surface area contributed by atoms with E-state index in [9.17, 15) is 18.3 Å². The monoisotopic (exact) mass is 227 g/mol. The van der Waals surface area contributed by atoms with Crippen LogP contribution in [-0.2, 0) is 5.60 Å². The summed E-state index contributed by atoms with van der Waals surface area (Å²) in [5.74, 6) is 0. The molecule has 0 saturated carbocycles. The summed E-state index contributed by atoms with van der Waals surface area (Å²) < 4.78 is 37.2. The maximum atomic E-state index is 12.4. The summed E-state index contributed by atoms with van der Waals surface area (Å²) >= 11 is 0.563. The van der Waals surface area contributed by atoms with E-state index in [1.54, 1.807) is 0 Å². The molecule has 1 rings (SSSR count). The van der Waals surface area contributed by atoms with Crippen molar-refractivity contribution in [2.75, 3.05) is 12.3 Å². The van der Waals surface area contributed by atoms with Crippen LogP contribution in [0.2, 0.25) is 0 Å². The summed E-state index contributed by atoms with van der Waals surface area (Å²) in [6, 6.07) is 0. The van der Waals surface area contributed by atoms with Crippen molar-refractivity contribution in [2.45, 2.75) is 11.8 Å². The first-order chi connectivity index (χ1) is 6.31. The lowest BCUT2D eigenvalue weighted by Crippen LogP contribution is -2.47. The van der Waals surface area contributed by atoms with Crippen LogP contribution in [0.15, 0.2) is 6.20 Å². The summed E-state index contributed by atoms with van der Waals surface area (Å²) in [5.41, 5.74) is 7.01. The van der Waals surface area contributed by atoms with Crippen LogP contribution >= 0.6 is 11.3 Å². The number of hydrogen-bond acceptors (Lipinski definition) is 5. The van der Waals surface area contributed by atoms with E-state index in [0.29, 0.717) is 11.3 Å². The SMILES string of the molecule is NCC(O)(c1cnc(N)s1)C(F)(F)F. The lowest BCUT2D eigenvalue weighted by molar-refractivity contribution is -0.260. The summed E-state index contributed by atoms with van der Waals surface area (Å²) in [6.07, 6.45) is -3.96. The summed E-state index contributed by atoms with van der Waals surface area (Å²) in [6.45, 7) is -0.960. The largest absolute Gasteiger partial charge is 0.423 e. The molecule has 0 spiro atoms. The van der Waals surface area contributed by atoms with Crippen LogP contribution in [0.25, 0.3) is 0 Å². The highest BCUT2D eigenvalue weighted by molar-refractivity contribution is 7.15. The van der Waals surface area contributed by atoms with E-state index in [4.69, 9.17) is 11.5 Å². The van der Waals surface area contributed by atoms with Gasteiger partial charge in [-0.15, -0.1) is 0 Å². The number of halogens is 3. The molecule has 5 N–H and O–H groups in total. The third-order valence-electron chi connectivity index (χ3n) is 1.70. The second-order valence-electron chi connectivity index (χ2n) is 2.62. The number of nitrogens with two attached hydrogens (primary N) is 2. The Morgan fingerprint density at radius 2 is 2.07 bits per heavy atom. The Labute approximate surface area is 81.4 Å². The van der Waals surface area contributed by atoms with Gasteiger partial charge in [0.15, 0.2) is 5.13 Å². The number of rotatable bonds is 2. The molecule has 0 saturated heterocycles. The lowest BCUT2D eigenvalue weighted by Gasteiger charge is -2.27. The molecule has 0 aliphatic rings. The van der Waals surface area contributed by atoms with Gasteiger partial charge in [-0.05, 0) is 0 Å². The van der Waals surface area contributed by atoms with Crippen LogP contribution in [0.4, 0.5) is 18.3 Å². The molecular formula is C6H8F3N3OS. The van der Waals surface area contributed by atoms with E-state index >= 15 is 0 Å². The van der Waals surface area contributed by atoms with Gasteiger partial charge >= 0.3 is 6.18 Å². The number of aliphatic hydroxyl groups is 1. The van der Waals surface area contributed by atoms with Gasteiger partial charge in [-0.3, -0.25) is 0 Å². The molecule has 0 amide bonds. The van der Waals surface area contributed by atoms with E-state index in [1.165, 1.54) is 0 Å². The van der Waals surface area contributed by atoms with Crippen molar-refractivity contribution in [3.63, 3.8) is 0 Å². The van der Waals surface area contributed by atoms with Crippen LogP contribution in [-0.4, -0.2) is 22.8 Å². The van der Waals surface area contributed by atoms with Crippen molar-refractivity contribution < 1.29 is 18.3 Å². The zero-order chi connectivity index (χ0) is 11.0. The second kappa shape index (κ2) is 3.37. The van der Waals surface area contributed by atoms with Crippen LogP contribution in [0.5, 0.6) is 0 Å². The van der Waals surface area contributed by atoms with E-state index < -0.39 is 23.2 Å². The maximum absolute atomic E-state index is 12.4. The molecule has 14 heavy (non-hydrogen) atoms. The Kier molecular flexibility index (Phi) is 2.70. The van der Waals surface area contributed by atoms with E-state index in [-0.39, 0.29) is 5.13 Å². The predicted octanol–water partition coefficient (Wildman–Crippen LogP) is 0.434. The fraction of sp³-hybridized carbons (Fsp3) is 0.500. The first-order valence-electron chi connectivity index (χ1n) is 3.52. The molecule has 1 heterocycles. The van der Waals surface area contributed by atoms with Gasteiger partial charge in [-0.1, -0.05) is 11.3 Å². The quantitative estimate of drug-likeness (QED) is 0.684. The number of hydrogen-bond donors (Lipinski definition) is 3. The number of aromatic nitrogens is 1. The fourth-order valence-corrected chi connectivity index (χ4v) is 1.64. The third kappa shape index (κ3) is 1.68. The highest BCUT2D eigenvalue weighted by Gasteiger charge is 2.55. The van der Waals surface area contributed by atoms with Gasteiger partial charge in [0.05, 0.1) is 4.88 Å². The molecule has 0 fully saturated rings. The van der Waals surface area contributed by atoms with Gasteiger partial charge in [0.2, 0.25) is 5.60 Å². The number of thiazole rings is 1. The van der Waals surface area contributed by atoms with Crippen molar-refractivity contribution in [1.29, 1.82) is 0 Å². The molecule has 0 bridgehead atoms. The van der Waals surface area contributed by atoms with Gasteiger partial charge < -0.3 is 16.6 Å². The molecule has 0 radical (unpaired) electrons. The number of anilines is 1. The minimum Gasteiger partial charge on any atom is -0.375 e. The van der Waals surface area contributed by atoms with E-state index in [2.05, 4.69) is 4.98 Å². The highest BCUT2D eigenvalue weighted by atomic mass is 32.1. The molecule has 0 aromatic carbocycles. The van der Waals surface area contributed by atoms with Crippen molar-refractivity contribution in [1.82, 2.24) is 4.98 Å². The van der Waals surface area contributed by atoms with Crippen LogP contribution in [0, 0.1) is 0 Å². The molecule has 4 nitrogen and oxygen atoms in total. The van der Waals surface area contributed by atoms with Crippen molar-refractivity contribution in [3.8, 4) is 0 Å².